The highest BCUT2D eigenvalue weighted by molar-refractivity contribution is 9.10. The fourth-order valence-electron chi connectivity index (χ4n) is 2.51. The molecular weight excluding hydrogens is 438 g/mol. The van der Waals surface area contributed by atoms with Crippen LogP contribution in [0.25, 0.3) is 11.1 Å². The minimum atomic E-state index is -4.01. The molecule has 2 N–H and O–H groups in total. The molecule has 0 aliphatic carbocycles. The first-order chi connectivity index (χ1) is 12.3. The Labute approximate surface area is 164 Å². The first kappa shape index (κ1) is 18.8. The Morgan fingerprint density at radius 2 is 1.54 bits per heavy atom. The Kier molecular flexibility index (Phi) is 5.29. The molecule has 0 amide bonds. The van der Waals surface area contributed by atoms with E-state index in [1.807, 2.05) is 36.4 Å². The molecule has 0 saturated heterocycles. The summed E-state index contributed by atoms with van der Waals surface area (Å²) < 4.78 is 24.1. The van der Waals surface area contributed by atoms with Gasteiger partial charge in [0.2, 0.25) is 10.0 Å². The van der Waals surface area contributed by atoms with Gasteiger partial charge in [0.05, 0.1) is 5.02 Å². The van der Waals surface area contributed by atoms with Crippen molar-refractivity contribution in [2.24, 2.45) is 5.14 Å². The maximum atomic E-state index is 12.7. The van der Waals surface area contributed by atoms with Gasteiger partial charge in [-0.15, -0.1) is 0 Å². The SMILES string of the molecule is NS(=O)(=O)c1cc(C(=O)c2ccc(-c3cccc(Br)c3)cc2)ccc1Cl. The summed E-state index contributed by atoms with van der Waals surface area (Å²) in [6.45, 7) is 0. The summed E-state index contributed by atoms with van der Waals surface area (Å²) in [5.41, 5.74) is 2.62. The monoisotopic (exact) mass is 449 g/mol. The van der Waals surface area contributed by atoms with E-state index in [-0.39, 0.29) is 21.3 Å². The number of ketones is 1. The Hall–Kier alpha value is -1.99. The van der Waals surface area contributed by atoms with Gasteiger partial charge < -0.3 is 0 Å². The van der Waals surface area contributed by atoms with Gasteiger partial charge in [-0.05, 0) is 41.5 Å². The second-order valence-corrected chi connectivity index (χ2v) is 8.46. The van der Waals surface area contributed by atoms with Crippen LogP contribution in [-0.2, 0) is 10.0 Å². The van der Waals surface area contributed by atoms with Crippen LogP contribution in [0.3, 0.4) is 0 Å². The third-order valence-electron chi connectivity index (χ3n) is 3.80. The fraction of sp³-hybridized carbons (Fsp3) is 0. The first-order valence-corrected chi connectivity index (χ1v) is 10.2. The predicted molar refractivity (Wildman–Crippen MR) is 106 cm³/mol. The average Bonchev–Trinajstić information content (AvgIpc) is 2.61. The Bertz CT molecular complexity index is 1100. The quantitative estimate of drug-likeness (QED) is 0.588. The fourth-order valence-corrected chi connectivity index (χ4v) is 3.98. The highest BCUT2D eigenvalue weighted by Gasteiger charge is 2.17. The van der Waals surface area contributed by atoms with Gasteiger partial charge >= 0.3 is 0 Å². The van der Waals surface area contributed by atoms with Gasteiger partial charge in [0.25, 0.3) is 0 Å². The summed E-state index contributed by atoms with van der Waals surface area (Å²) in [6, 6.07) is 18.9. The molecule has 0 atom stereocenters. The van der Waals surface area contributed by atoms with E-state index in [1.165, 1.54) is 18.2 Å². The van der Waals surface area contributed by atoms with E-state index in [9.17, 15) is 13.2 Å². The third-order valence-corrected chi connectivity index (χ3v) is 5.69. The molecule has 0 radical (unpaired) electrons. The topological polar surface area (TPSA) is 77.2 Å². The summed E-state index contributed by atoms with van der Waals surface area (Å²) in [6.07, 6.45) is 0. The van der Waals surface area contributed by atoms with Gasteiger partial charge in [0.15, 0.2) is 5.78 Å². The summed E-state index contributed by atoms with van der Waals surface area (Å²) in [5, 5.41) is 5.12. The van der Waals surface area contributed by atoms with E-state index >= 15 is 0 Å². The van der Waals surface area contributed by atoms with Gasteiger partial charge in [-0.2, -0.15) is 0 Å². The normalized spacial score (nSPS) is 11.3. The van der Waals surface area contributed by atoms with E-state index in [0.29, 0.717) is 5.56 Å². The number of hydrogen-bond donors (Lipinski definition) is 1. The van der Waals surface area contributed by atoms with Crippen LogP contribution in [0, 0.1) is 0 Å². The van der Waals surface area contributed by atoms with E-state index in [1.54, 1.807) is 12.1 Å². The largest absolute Gasteiger partial charge is 0.289 e. The van der Waals surface area contributed by atoms with Crippen molar-refractivity contribution in [2.75, 3.05) is 0 Å². The van der Waals surface area contributed by atoms with Crippen LogP contribution in [-0.4, -0.2) is 14.2 Å². The maximum absolute atomic E-state index is 12.7. The van der Waals surface area contributed by atoms with Crippen LogP contribution in [0.5, 0.6) is 0 Å². The Balaban J connectivity index is 1.94. The van der Waals surface area contributed by atoms with Crippen molar-refractivity contribution in [2.45, 2.75) is 4.90 Å². The third kappa shape index (κ3) is 4.04. The molecule has 0 bridgehead atoms. The van der Waals surface area contributed by atoms with Crippen LogP contribution in [0.2, 0.25) is 5.02 Å². The van der Waals surface area contributed by atoms with Crippen molar-refractivity contribution < 1.29 is 13.2 Å². The molecule has 132 valence electrons. The molecule has 3 rings (SSSR count). The van der Waals surface area contributed by atoms with Crippen molar-refractivity contribution in [1.82, 2.24) is 0 Å². The lowest BCUT2D eigenvalue weighted by Crippen LogP contribution is -2.14. The van der Waals surface area contributed by atoms with Gasteiger partial charge in [-0.1, -0.05) is 63.9 Å². The van der Waals surface area contributed by atoms with E-state index in [2.05, 4.69) is 15.9 Å². The number of carbonyl (C=O) groups excluding carboxylic acids is 1. The van der Waals surface area contributed by atoms with Crippen molar-refractivity contribution in [1.29, 1.82) is 0 Å². The summed E-state index contributed by atoms with van der Waals surface area (Å²) >= 11 is 9.29. The van der Waals surface area contributed by atoms with E-state index in [4.69, 9.17) is 16.7 Å². The molecule has 0 spiro atoms. The molecule has 4 nitrogen and oxygen atoms in total. The van der Waals surface area contributed by atoms with Crippen molar-refractivity contribution in [3.05, 3.63) is 87.4 Å². The zero-order valence-corrected chi connectivity index (χ0v) is 16.5. The van der Waals surface area contributed by atoms with Gasteiger partial charge in [0.1, 0.15) is 4.90 Å². The smallest absolute Gasteiger partial charge is 0.239 e. The number of hydrogen-bond acceptors (Lipinski definition) is 3. The lowest BCUT2D eigenvalue weighted by atomic mass is 9.99. The molecule has 0 heterocycles. The molecule has 3 aromatic rings. The van der Waals surface area contributed by atoms with Crippen LogP contribution < -0.4 is 5.14 Å². The minimum Gasteiger partial charge on any atom is -0.289 e. The molecule has 3 aromatic carbocycles. The van der Waals surface area contributed by atoms with Crippen molar-refractivity contribution in [3.8, 4) is 11.1 Å². The molecule has 0 unspecified atom stereocenters. The number of carbonyl (C=O) groups is 1. The molecule has 0 saturated carbocycles. The molecular formula is C19H13BrClNO3S. The maximum Gasteiger partial charge on any atom is 0.239 e. The number of sulfonamides is 1. The van der Waals surface area contributed by atoms with Gasteiger partial charge in [0, 0.05) is 15.6 Å². The number of halogens is 2. The summed E-state index contributed by atoms with van der Waals surface area (Å²) in [5.74, 6) is -0.313. The highest BCUT2D eigenvalue weighted by Crippen LogP contribution is 2.25. The van der Waals surface area contributed by atoms with Crippen LogP contribution >= 0.6 is 27.5 Å². The second-order valence-electron chi connectivity index (χ2n) is 5.61. The summed E-state index contributed by atoms with van der Waals surface area (Å²) in [4.78, 5) is 12.4. The highest BCUT2D eigenvalue weighted by atomic mass is 79.9. The number of nitrogens with two attached hydrogens (primary N) is 1. The molecule has 26 heavy (non-hydrogen) atoms. The van der Waals surface area contributed by atoms with Crippen molar-refractivity contribution >= 4 is 43.3 Å². The van der Waals surface area contributed by atoms with Crippen LogP contribution in [0.15, 0.2) is 76.1 Å². The molecule has 0 fully saturated rings. The van der Waals surface area contributed by atoms with E-state index in [0.717, 1.165) is 15.6 Å². The summed E-state index contributed by atoms with van der Waals surface area (Å²) in [7, 11) is -4.01. The second kappa shape index (κ2) is 7.32. The van der Waals surface area contributed by atoms with Crippen molar-refractivity contribution in [3.63, 3.8) is 0 Å². The van der Waals surface area contributed by atoms with Crippen LogP contribution in [0.4, 0.5) is 0 Å². The van der Waals surface area contributed by atoms with E-state index < -0.39 is 10.0 Å². The standard InChI is InChI=1S/C19H13BrClNO3S/c20-16-3-1-2-14(10-16)12-4-6-13(7-5-12)19(23)15-8-9-17(21)18(11-15)26(22,24)25/h1-11H,(H2,22,24,25). The Morgan fingerprint density at radius 3 is 2.15 bits per heavy atom. The Morgan fingerprint density at radius 1 is 0.885 bits per heavy atom. The predicted octanol–water partition coefficient (Wildman–Crippen LogP) is 4.65. The van der Waals surface area contributed by atoms with Crippen LogP contribution in [0.1, 0.15) is 15.9 Å². The average molecular weight is 451 g/mol. The molecule has 7 heteroatoms. The minimum absolute atomic E-state index is 0.0194. The number of primary sulfonamides is 1. The first-order valence-electron chi connectivity index (χ1n) is 7.49. The molecule has 0 aliphatic rings. The van der Waals surface area contributed by atoms with Gasteiger partial charge in [-0.25, -0.2) is 13.6 Å². The zero-order chi connectivity index (χ0) is 18.9. The number of benzene rings is 3. The zero-order valence-electron chi connectivity index (χ0n) is 13.3. The lowest BCUT2D eigenvalue weighted by Gasteiger charge is -2.07. The number of rotatable bonds is 4. The molecule has 0 aromatic heterocycles. The van der Waals surface area contributed by atoms with Gasteiger partial charge in [-0.3, -0.25) is 4.79 Å². The lowest BCUT2D eigenvalue weighted by molar-refractivity contribution is 0.103. The molecule has 0 aliphatic heterocycles.